The van der Waals surface area contributed by atoms with E-state index in [1.54, 1.807) is 30.0 Å². The number of benzene rings is 2. The molecule has 0 spiro atoms. The average molecular weight is 450 g/mol. The van der Waals surface area contributed by atoms with Crippen LogP contribution in [0.25, 0.3) is 11.1 Å². The Morgan fingerprint density at radius 1 is 1.06 bits per heavy atom. The van der Waals surface area contributed by atoms with E-state index in [2.05, 4.69) is 5.32 Å². The molecule has 0 radical (unpaired) electrons. The molecule has 0 saturated carbocycles. The van der Waals surface area contributed by atoms with E-state index in [-0.39, 0.29) is 29.7 Å². The maximum Gasteiger partial charge on any atom is 0.410 e. The first-order valence-electron chi connectivity index (χ1n) is 11.3. The third kappa shape index (κ3) is 4.72. The molecule has 0 aromatic heterocycles. The Bertz CT molecular complexity index is 1100. The molecule has 33 heavy (non-hydrogen) atoms. The lowest BCUT2D eigenvalue weighted by atomic mass is 9.86. The molecule has 2 aliphatic heterocycles. The lowest BCUT2D eigenvalue weighted by molar-refractivity contribution is 0.0286. The highest BCUT2D eigenvalue weighted by atomic mass is 16.6. The van der Waals surface area contributed by atoms with Crippen molar-refractivity contribution in [1.29, 1.82) is 0 Å². The van der Waals surface area contributed by atoms with Crippen LogP contribution < -0.4 is 5.32 Å². The van der Waals surface area contributed by atoms with Gasteiger partial charge in [-0.3, -0.25) is 9.59 Å². The van der Waals surface area contributed by atoms with Gasteiger partial charge >= 0.3 is 6.09 Å². The molecule has 1 fully saturated rings. The summed E-state index contributed by atoms with van der Waals surface area (Å²) in [6, 6.07) is 13.3. The summed E-state index contributed by atoms with van der Waals surface area (Å²) in [5.74, 6) is 0.0164. The number of rotatable bonds is 2. The van der Waals surface area contributed by atoms with Gasteiger partial charge in [0.1, 0.15) is 5.60 Å². The van der Waals surface area contributed by atoms with Crippen molar-refractivity contribution in [1.82, 2.24) is 15.1 Å². The van der Waals surface area contributed by atoms with Crippen LogP contribution in [0.5, 0.6) is 0 Å². The van der Waals surface area contributed by atoms with E-state index in [9.17, 15) is 14.4 Å². The van der Waals surface area contributed by atoms with Gasteiger partial charge < -0.3 is 19.9 Å². The molecule has 1 N–H and O–H groups in total. The van der Waals surface area contributed by atoms with Crippen molar-refractivity contribution in [2.45, 2.75) is 32.3 Å². The predicted octanol–water partition coefficient (Wildman–Crippen LogP) is 3.75. The molecule has 2 aromatic rings. The van der Waals surface area contributed by atoms with Crippen LogP contribution >= 0.6 is 0 Å². The van der Waals surface area contributed by atoms with Gasteiger partial charge in [-0.1, -0.05) is 24.3 Å². The number of carbonyl (C=O) groups excluding carboxylic acids is 3. The van der Waals surface area contributed by atoms with Crippen LogP contribution in [-0.2, 0) is 4.74 Å². The van der Waals surface area contributed by atoms with Crippen LogP contribution in [0.2, 0.25) is 0 Å². The van der Waals surface area contributed by atoms with Crippen LogP contribution in [0, 0.1) is 5.92 Å². The fourth-order valence-corrected chi connectivity index (χ4v) is 4.57. The van der Waals surface area contributed by atoms with E-state index in [4.69, 9.17) is 4.74 Å². The smallest absolute Gasteiger partial charge is 0.410 e. The van der Waals surface area contributed by atoms with Gasteiger partial charge in [-0.05, 0) is 55.7 Å². The van der Waals surface area contributed by atoms with Crippen LogP contribution in [0.3, 0.4) is 0 Å². The summed E-state index contributed by atoms with van der Waals surface area (Å²) in [5.41, 5.74) is 3.37. The molecule has 0 aliphatic carbocycles. The second kappa shape index (κ2) is 8.54. The van der Waals surface area contributed by atoms with Crippen molar-refractivity contribution >= 4 is 17.9 Å². The standard InChI is InChI=1S/C26H31N3O4/c1-26(2,3)33-25(32)29-14-19-13-27-23(30)21-12-17(9-10-20(21)22(19)15-29)16-7-6-8-18(11-16)24(31)28(4)5/h6-12,19,22H,13-15H2,1-5H3,(H,27,30)/t19-,22-/m1/s1. The summed E-state index contributed by atoms with van der Waals surface area (Å²) in [7, 11) is 3.45. The van der Waals surface area contributed by atoms with Gasteiger partial charge in [-0.25, -0.2) is 4.79 Å². The fraction of sp³-hybridized carbons (Fsp3) is 0.423. The summed E-state index contributed by atoms with van der Waals surface area (Å²) in [5, 5.41) is 3.02. The van der Waals surface area contributed by atoms with E-state index in [1.165, 1.54) is 0 Å². The Labute approximate surface area is 194 Å². The first kappa shape index (κ1) is 22.8. The largest absolute Gasteiger partial charge is 0.444 e. The number of hydrogen-bond acceptors (Lipinski definition) is 4. The van der Waals surface area contributed by atoms with Gasteiger partial charge in [0.05, 0.1) is 0 Å². The fourth-order valence-electron chi connectivity index (χ4n) is 4.57. The molecule has 2 aliphatic rings. The lowest BCUT2D eigenvalue weighted by Gasteiger charge is -2.24. The highest BCUT2D eigenvalue weighted by Crippen LogP contribution is 2.38. The van der Waals surface area contributed by atoms with E-state index in [0.717, 1.165) is 16.7 Å². The Balaban J connectivity index is 1.64. The molecular formula is C26H31N3O4. The SMILES string of the molecule is CN(C)C(=O)c1cccc(-c2ccc3c(c2)C(=O)NC[C@@H]2CN(C(=O)OC(C)(C)C)C[C@@H]32)c1. The average Bonchev–Trinajstić information content (AvgIpc) is 3.14. The number of nitrogens with zero attached hydrogens (tertiary/aromatic N) is 2. The molecule has 1 saturated heterocycles. The van der Waals surface area contributed by atoms with Crippen LogP contribution in [0.15, 0.2) is 42.5 Å². The molecule has 4 rings (SSSR count). The zero-order valence-corrected chi connectivity index (χ0v) is 19.8. The molecule has 0 unspecified atom stereocenters. The van der Waals surface area contributed by atoms with Gasteiger partial charge in [-0.15, -0.1) is 0 Å². The molecule has 2 heterocycles. The van der Waals surface area contributed by atoms with E-state index >= 15 is 0 Å². The second-order valence-corrected chi connectivity index (χ2v) is 10.0. The maximum absolute atomic E-state index is 12.9. The number of amides is 3. The number of carbonyl (C=O) groups is 3. The summed E-state index contributed by atoms with van der Waals surface area (Å²) in [6.45, 7) is 7.16. The lowest BCUT2D eigenvalue weighted by Crippen LogP contribution is -2.36. The van der Waals surface area contributed by atoms with Gasteiger partial charge in [0.15, 0.2) is 0 Å². The topological polar surface area (TPSA) is 79.0 Å². The van der Waals surface area contributed by atoms with Crippen molar-refractivity contribution in [2.75, 3.05) is 33.7 Å². The van der Waals surface area contributed by atoms with Crippen LogP contribution in [0.1, 0.15) is 53.0 Å². The Kier molecular flexibility index (Phi) is 5.91. The highest BCUT2D eigenvalue weighted by molar-refractivity contribution is 5.98. The summed E-state index contributed by atoms with van der Waals surface area (Å²) >= 11 is 0. The zero-order valence-electron chi connectivity index (χ0n) is 19.8. The molecule has 0 bridgehead atoms. The van der Waals surface area contributed by atoms with Gasteiger partial charge in [0.2, 0.25) is 0 Å². The van der Waals surface area contributed by atoms with Crippen molar-refractivity contribution in [2.24, 2.45) is 5.92 Å². The summed E-state index contributed by atoms with van der Waals surface area (Å²) in [4.78, 5) is 41.2. The number of nitrogens with one attached hydrogen (secondary N) is 1. The normalized spacial score (nSPS) is 19.8. The number of likely N-dealkylation sites (tertiary alicyclic amines) is 1. The summed E-state index contributed by atoms with van der Waals surface area (Å²) < 4.78 is 5.56. The number of fused-ring (bicyclic) bond motifs is 3. The third-order valence-corrected chi connectivity index (χ3v) is 6.16. The van der Waals surface area contributed by atoms with Crippen molar-refractivity contribution < 1.29 is 19.1 Å². The first-order valence-corrected chi connectivity index (χ1v) is 11.3. The van der Waals surface area contributed by atoms with Crippen molar-refractivity contribution in [3.63, 3.8) is 0 Å². The van der Waals surface area contributed by atoms with Crippen LogP contribution in [0.4, 0.5) is 4.79 Å². The molecule has 2 aromatic carbocycles. The Morgan fingerprint density at radius 3 is 2.48 bits per heavy atom. The second-order valence-electron chi connectivity index (χ2n) is 10.0. The van der Waals surface area contributed by atoms with E-state index < -0.39 is 5.60 Å². The minimum atomic E-state index is -0.550. The Hall–Kier alpha value is -3.35. The first-order chi connectivity index (χ1) is 15.5. The quantitative estimate of drug-likeness (QED) is 0.757. The third-order valence-electron chi connectivity index (χ3n) is 6.16. The highest BCUT2D eigenvalue weighted by Gasteiger charge is 2.41. The van der Waals surface area contributed by atoms with Crippen LogP contribution in [-0.4, -0.2) is 67.0 Å². The number of hydrogen-bond donors (Lipinski definition) is 1. The number of ether oxygens (including phenoxy) is 1. The van der Waals surface area contributed by atoms with Gasteiger partial charge in [-0.2, -0.15) is 0 Å². The van der Waals surface area contributed by atoms with E-state index in [1.807, 2.05) is 57.2 Å². The summed E-state index contributed by atoms with van der Waals surface area (Å²) in [6.07, 6.45) is -0.317. The minimum Gasteiger partial charge on any atom is -0.444 e. The monoisotopic (exact) mass is 449 g/mol. The maximum atomic E-state index is 12.9. The molecule has 2 atom stereocenters. The molecule has 174 valence electrons. The minimum absolute atomic E-state index is 0.0576. The molecule has 7 heteroatoms. The molecule has 7 nitrogen and oxygen atoms in total. The van der Waals surface area contributed by atoms with Crippen molar-refractivity contribution in [3.05, 3.63) is 59.2 Å². The Morgan fingerprint density at radius 2 is 1.79 bits per heavy atom. The van der Waals surface area contributed by atoms with Gasteiger partial charge in [0.25, 0.3) is 11.8 Å². The molecule has 3 amide bonds. The van der Waals surface area contributed by atoms with Gasteiger partial charge in [0, 0.05) is 56.7 Å². The van der Waals surface area contributed by atoms with Crippen molar-refractivity contribution in [3.8, 4) is 11.1 Å². The predicted molar refractivity (Wildman–Crippen MR) is 126 cm³/mol. The zero-order chi connectivity index (χ0) is 23.9. The molecular weight excluding hydrogens is 418 g/mol. The van der Waals surface area contributed by atoms with E-state index in [0.29, 0.717) is 30.8 Å².